The van der Waals surface area contributed by atoms with Gasteiger partial charge in [0.15, 0.2) is 17.3 Å². The van der Waals surface area contributed by atoms with E-state index in [1.807, 2.05) is 13.8 Å². The molecule has 0 radical (unpaired) electrons. The van der Waals surface area contributed by atoms with Crippen LogP contribution in [-0.2, 0) is 9.59 Å². The molecule has 1 aliphatic carbocycles. The number of hydrogen-bond acceptors (Lipinski definition) is 4. The Kier molecular flexibility index (Phi) is 5.29. The van der Waals surface area contributed by atoms with Crippen LogP contribution in [0.4, 0.5) is 0 Å². The summed E-state index contributed by atoms with van der Waals surface area (Å²) in [5.41, 5.74) is -0.604. The molecule has 0 bridgehead atoms. The third-order valence-electron chi connectivity index (χ3n) is 3.44. The second kappa shape index (κ2) is 6.71. The van der Waals surface area contributed by atoms with Gasteiger partial charge in [-0.25, -0.2) is 0 Å². The number of ketones is 2. The van der Waals surface area contributed by atoms with E-state index >= 15 is 0 Å². The number of carbonyl (C=O) groups is 2. The average molecular weight is 378 g/mol. The molecular weight excluding hydrogens is 363 g/mol. The summed E-state index contributed by atoms with van der Waals surface area (Å²) in [6, 6.07) is 2.88. The molecule has 0 aliphatic heterocycles. The van der Waals surface area contributed by atoms with E-state index in [0.29, 0.717) is 5.02 Å². The third-order valence-corrected chi connectivity index (χ3v) is 4.22. The van der Waals surface area contributed by atoms with Crippen LogP contribution in [0.15, 0.2) is 23.5 Å². The second-order valence-electron chi connectivity index (χ2n) is 6.17. The molecule has 0 atom stereocenters. The van der Waals surface area contributed by atoms with Gasteiger partial charge >= 0.3 is 0 Å². The van der Waals surface area contributed by atoms with Gasteiger partial charge in [0.1, 0.15) is 17.9 Å². The summed E-state index contributed by atoms with van der Waals surface area (Å²) in [5.74, 6) is -1.07. The highest BCUT2D eigenvalue weighted by molar-refractivity contribution is 6.40. The van der Waals surface area contributed by atoms with E-state index in [-0.39, 0.29) is 52.4 Å². The molecule has 7 heteroatoms. The predicted octanol–water partition coefficient (Wildman–Crippen LogP) is 4.80. The van der Waals surface area contributed by atoms with Crippen molar-refractivity contribution in [1.82, 2.24) is 0 Å². The Bertz CT molecular complexity index is 662. The monoisotopic (exact) mass is 376 g/mol. The van der Waals surface area contributed by atoms with Gasteiger partial charge in [0, 0.05) is 17.9 Å². The van der Waals surface area contributed by atoms with Gasteiger partial charge in [-0.3, -0.25) is 9.59 Å². The minimum absolute atomic E-state index is 0.126. The lowest BCUT2D eigenvalue weighted by atomic mass is 9.74. The van der Waals surface area contributed by atoms with Gasteiger partial charge in [0.2, 0.25) is 0 Å². The first kappa shape index (κ1) is 18.1. The first-order valence-corrected chi connectivity index (χ1v) is 8.00. The standard InChI is InChI=1S/C16H15Cl3O4/c1-16(2)5-11(20)14(12(21)6-16)13(22)7-23-15-9(18)3-8(17)4-10(15)19/h3-4,22H,5-7H2,1-2H3. The average Bonchev–Trinajstić information content (AvgIpc) is 2.34. The van der Waals surface area contributed by atoms with Gasteiger partial charge in [0.25, 0.3) is 0 Å². The van der Waals surface area contributed by atoms with E-state index in [0.717, 1.165) is 0 Å². The molecule has 124 valence electrons. The van der Waals surface area contributed by atoms with Crippen LogP contribution in [0.3, 0.4) is 0 Å². The normalized spacial score (nSPS) is 17.3. The molecule has 0 aromatic heterocycles. The molecule has 1 aromatic rings. The zero-order valence-electron chi connectivity index (χ0n) is 12.6. The molecule has 0 spiro atoms. The van der Waals surface area contributed by atoms with E-state index < -0.39 is 11.2 Å². The molecule has 1 aliphatic rings. The molecule has 23 heavy (non-hydrogen) atoms. The first-order valence-electron chi connectivity index (χ1n) is 6.86. The zero-order chi connectivity index (χ0) is 17.4. The lowest BCUT2D eigenvalue weighted by Crippen LogP contribution is -2.33. The van der Waals surface area contributed by atoms with Crippen molar-refractivity contribution in [3.63, 3.8) is 0 Å². The summed E-state index contributed by atoms with van der Waals surface area (Å²) < 4.78 is 5.35. The van der Waals surface area contributed by atoms with Crippen molar-refractivity contribution >= 4 is 46.4 Å². The number of rotatable bonds is 3. The highest BCUT2D eigenvalue weighted by atomic mass is 35.5. The van der Waals surface area contributed by atoms with Crippen LogP contribution >= 0.6 is 34.8 Å². The van der Waals surface area contributed by atoms with Crippen LogP contribution in [0, 0.1) is 5.41 Å². The predicted molar refractivity (Wildman–Crippen MR) is 89.7 cm³/mol. The van der Waals surface area contributed by atoms with Crippen molar-refractivity contribution in [3.05, 3.63) is 38.5 Å². The number of aliphatic hydroxyl groups is 1. The number of Topliss-reactive ketones (excluding diaryl/α,β-unsaturated/α-hetero) is 2. The van der Waals surface area contributed by atoms with E-state index in [1.54, 1.807) is 0 Å². The van der Waals surface area contributed by atoms with Crippen LogP contribution in [0.1, 0.15) is 26.7 Å². The molecule has 2 rings (SSSR count). The molecule has 0 amide bonds. The number of hydrogen-bond donors (Lipinski definition) is 1. The number of benzene rings is 1. The first-order chi connectivity index (χ1) is 10.6. The lowest BCUT2D eigenvalue weighted by Gasteiger charge is -2.28. The molecule has 0 heterocycles. The van der Waals surface area contributed by atoms with Crippen molar-refractivity contribution in [2.24, 2.45) is 5.41 Å². The summed E-state index contributed by atoms with van der Waals surface area (Å²) in [6.07, 6.45) is 0.390. The maximum Gasteiger partial charge on any atom is 0.170 e. The largest absolute Gasteiger partial charge is 0.508 e. The van der Waals surface area contributed by atoms with Crippen LogP contribution in [0.5, 0.6) is 5.75 Å². The maximum absolute atomic E-state index is 12.1. The molecule has 0 unspecified atom stereocenters. The summed E-state index contributed by atoms with van der Waals surface area (Å²) in [7, 11) is 0. The highest BCUT2D eigenvalue weighted by Gasteiger charge is 2.37. The summed E-state index contributed by atoms with van der Waals surface area (Å²) in [6.45, 7) is 3.29. The topological polar surface area (TPSA) is 63.6 Å². The van der Waals surface area contributed by atoms with Crippen LogP contribution in [0.25, 0.3) is 0 Å². The van der Waals surface area contributed by atoms with Crippen molar-refractivity contribution in [2.45, 2.75) is 26.7 Å². The number of allylic oxidation sites excluding steroid dienone is 1. The Morgan fingerprint density at radius 3 is 2.09 bits per heavy atom. The Hall–Kier alpha value is -1.23. The van der Waals surface area contributed by atoms with Gasteiger partial charge in [0.05, 0.1) is 10.0 Å². The second-order valence-corrected chi connectivity index (χ2v) is 7.42. The van der Waals surface area contributed by atoms with Gasteiger partial charge in [-0.05, 0) is 17.5 Å². The van der Waals surface area contributed by atoms with Crippen molar-refractivity contribution in [2.75, 3.05) is 6.61 Å². The van der Waals surface area contributed by atoms with Crippen molar-refractivity contribution < 1.29 is 19.4 Å². The molecule has 1 aromatic carbocycles. The Labute approximate surface area is 149 Å². The Morgan fingerprint density at radius 2 is 1.61 bits per heavy atom. The van der Waals surface area contributed by atoms with E-state index in [9.17, 15) is 14.7 Å². The van der Waals surface area contributed by atoms with Gasteiger partial charge in [-0.15, -0.1) is 0 Å². The molecule has 4 nitrogen and oxygen atoms in total. The lowest BCUT2D eigenvalue weighted by molar-refractivity contribution is -0.127. The van der Waals surface area contributed by atoms with Gasteiger partial charge in [-0.1, -0.05) is 48.7 Å². The third kappa shape index (κ3) is 4.19. The van der Waals surface area contributed by atoms with Crippen molar-refractivity contribution in [1.29, 1.82) is 0 Å². The van der Waals surface area contributed by atoms with Crippen LogP contribution in [0.2, 0.25) is 15.1 Å². The van der Waals surface area contributed by atoms with E-state index in [1.165, 1.54) is 12.1 Å². The zero-order valence-corrected chi connectivity index (χ0v) is 14.8. The summed E-state index contributed by atoms with van der Waals surface area (Å²) in [4.78, 5) is 24.2. The Morgan fingerprint density at radius 1 is 1.13 bits per heavy atom. The smallest absolute Gasteiger partial charge is 0.170 e. The fourth-order valence-corrected chi connectivity index (χ4v) is 3.39. The molecule has 1 fully saturated rings. The minimum atomic E-state index is -0.419. The van der Waals surface area contributed by atoms with E-state index in [2.05, 4.69) is 0 Å². The SMILES string of the molecule is CC1(C)CC(=O)C(=C(O)COc2c(Cl)cc(Cl)cc2Cl)C(=O)C1. The van der Waals surface area contributed by atoms with E-state index in [4.69, 9.17) is 39.5 Å². The Balaban J connectivity index is 2.21. The fraction of sp³-hybridized carbons (Fsp3) is 0.375. The van der Waals surface area contributed by atoms with Crippen molar-refractivity contribution in [3.8, 4) is 5.75 Å². The fourth-order valence-electron chi connectivity index (χ4n) is 2.47. The number of aliphatic hydroxyl groups excluding tert-OH is 1. The minimum Gasteiger partial charge on any atom is -0.508 e. The highest BCUT2D eigenvalue weighted by Crippen LogP contribution is 2.37. The quantitative estimate of drug-likeness (QED) is 0.467. The van der Waals surface area contributed by atoms with Crippen LogP contribution < -0.4 is 4.74 Å². The van der Waals surface area contributed by atoms with Gasteiger partial charge < -0.3 is 9.84 Å². The molecule has 1 saturated carbocycles. The number of ether oxygens (including phenoxy) is 1. The number of halogens is 3. The summed E-state index contributed by atoms with van der Waals surface area (Å²) in [5, 5.41) is 10.8. The summed E-state index contributed by atoms with van der Waals surface area (Å²) >= 11 is 17.7. The molecule has 0 saturated heterocycles. The molecule has 1 N–H and O–H groups in total. The van der Waals surface area contributed by atoms with Gasteiger partial charge in [-0.2, -0.15) is 0 Å². The molecular formula is C16H15Cl3O4. The van der Waals surface area contributed by atoms with Crippen LogP contribution in [-0.4, -0.2) is 23.3 Å². The maximum atomic E-state index is 12.1. The number of carbonyl (C=O) groups excluding carboxylic acids is 2.